The topological polar surface area (TPSA) is 48.7 Å². The lowest BCUT2D eigenvalue weighted by atomic mass is 10.2. The molecular formula is C16H21N3O2S. The van der Waals surface area contributed by atoms with Crippen LogP contribution in [0.2, 0.25) is 0 Å². The maximum absolute atomic E-state index is 11.7. The molecule has 0 saturated carbocycles. The van der Waals surface area contributed by atoms with Crippen molar-refractivity contribution >= 4 is 34.0 Å². The first-order chi connectivity index (χ1) is 10.6. The summed E-state index contributed by atoms with van der Waals surface area (Å²) in [5, 5.41) is 4.65. The summed E-state index contributed by atoms with van der Waals surface area (Å²) >= 11 is 5.43. The third-order valence-corrected chi connectivity index (χ3v) is 4.06. The monoisotopic (exact) mass is 319 g/mol. The van der Waals surface area contributed by atoms with E-state index in [0.717, 1.165) is 24.2 Å². The summed E-state index contributed by atoms with van der Waals surface area (Å²) in [4.78, 5) is 15.7. The molecule has 0 fully saturated rings. The Morgan fingerprint density at radius 2 is 1.95 bits per heavy atom. The van der Waals surface area contributed by atoms with Crippen molar-refractivity contribution in [3.63, 3.8) is 0 Å². The summed E-state index contributed by atoms with van der Waals surface area (Å²) in [5.41, 5.74) is 0.916. The maximum Gasteiger partial charge on any atom is 0.338 e. The highest BCUT2D eigenvalue weighted by molar-refractivity contribution is 7.80. The highest BCUT2D eigenvalue weighted by Gasteiger charge is 2.13. The number of nitrogens with zero attached hydrogens (tertiary/aromatic N) is 2. The minimum atomic E-state index is -0.382. The Morgan fingerprint density at radius 1 is 1.27 bits per heavy atom. The van der Waals surface area contributed by atoms with E-state index in [0.29, 0.717) is 17.4 Å². The zero-order chi connectivity index (χ0) is 16.1. The predicted octanol–water partition coefficient (Wildman–Crippen LogP) is 2.40. The molecule has 22 heavy (non-hydrogen) atoms. The van der Waals surface area contributed by atoms with E-state index in [2.05, 4.69) is 24.1 Å². The zero-order valence-corrected chi connectivity index (χ0v) is 13.9. The molecule has 0 spiro atoms. The Balaban J connectivity index is 2.24. The van der Waals surface area contributed by atoms with Crippen LogP contribution in [0.15, 0.2) is 39.5 Å². The molecule has 2 aromatic rings. The van der Waals surface area contributed by atoms with Crippen LogP contribution in [0.5, 0.6) is 0 Å². The van der Waals surface area contributed by atoms with Gasteiger partial charge in [0, 0.05) is 18.5 Å². The molecule has 118 valence electrons. The second kappa shape index (κ2) is 7.38. The maximum atomic E-state index is 11.7. The Bertz CT molecular complexity index is 710. The smallest absolute Gasteiger partial charge is 0.338 e. The van der Waals surface area contributed by atoms with E-state index in [1.54, 1.807) is 11.0 Å². The van der Waals surface area contributed by atoms with Gasteiger partial charge in [-0.3, -0.25) is 4.90 Å². The number of hydrogen-bond donors (Lipinski definition) is 1. The van der Waals surface area contributed by atoms with E-state index in [1.807, 2.05) is 25.2 Å². The molecule has 5 nitrogen and oxygen atoms in total. The minimum absolute atomic E-state index is 0.382. The molecule has 1 N–H and O–H groups in total. The van der Waals surface area contributed by atoms with Crippen LogP contribution in [0.25, 0.3) is 11.0 Å². The van der Waals surface area contributed by atoms with E-state index in [1.165, 1.54) is 6.07 Å². The summed E-state index contributed by atoms with van der Waals surface area (Å²) < 4.78 is 5.21. The van der Waals surface area contributed by atoms with Crippen molar-refractivity contribution in [2.75, 3.05) is 31.7 Å². The van der Waals surface area contributed by atoms with E-state index in [4.69, 9.17) is 16.6 Å². The molecule has 1 aromatic heterocycles. The van der Waals surface area contributed by atoms with E-state index >= 15 is 0 Å². The van der Waals surface area contributed by atoms with Gasteiger partial charge < -0.3 is 14.6 Å². The van der Waals surface area contributed by atoms with Crippen molar-refractivity contribution in [1.82, 2.24) is 10.2 Å². The molecule has 1 heterocycles. The second-order valence-electron chi connectivity index (χ2n) is 4.95. The lowest BCUT2D eigenvalue weighted by molar-refractivity contribution is 0.298. The zero-order valence-electron chi connectivity index (χ0n) is 13.1. The quantitative estimate of drug-likeness (QED) is 0.519. The van der Waals surface area contributed by atoms with Crippen molar-refractivity contribution in [2.45, 2.75) is 13.8 Å². The SMILES string of the molecule is CCN(CC)CNC(=S)N(C)c1cc(=O)oc2ccccc12. The van der Waals surface area contributed by atoms with Gasteiger partial charge in [-0.25, -0.2) is 4.79 Å². The molecule has 0 unspecified atom stereocenters. The summed E-state index contributed by atoms with van der Waals surface area (Å²) in [5.74, 6) is 0. The highest BCUT2D eigenvalue weighted by atomic mass is 32.1. The van der Waals surface area contributed by atoms with Gasteiger partial charge in [-0.2, -0.15) is 0 Å². The first kappa shape index (κ1) is 16.5. The molecule has 0 radical (unpaired) electrons. The van der Waals surface area contributed by atoms with Gasteiger partial charge in [-0.05, 0) is 37.4 Å². The van der Waals surface area contributed by atoms with Crippen molar-refractivity contribution in [1.29, 1.82) is 0 Å². The number of rotatable bonds is 5. The fourth-order valence-corrected chi connectivity index (χ4v) is 2.39. The summed E-state index contributed by atoms with van der Waals surface area (Å²) in [6.07, 6.45) is 0. The molecule has 1 aromatic carbocycles. The van der Waals surface area contributed by atoms with Gasteiger partial charge in [0.05, 0.1) is 12.4 Å². The predicted molar refractivity (Wildman–Crippen MR) is 94.4 cm³/mol. The van der Waals surface area contributed by atoms with Crippen LogP contribution in [0.1, 0.15) is 13.8 Å². The lowest BCUT2D eigenvalue weighted by Crippen LogP contribution is -2.43. The lowest BCUT2D eigenvalue weighted by Gasteiger charge is -2.25. The van der Waals surface area contributed by atoms with Crippen LogP contribution in [-0.2, 0) is 0 Å². The highest BCUT2D eigenvalue weighted by Crippen LogP contribution is 2.23. The summed E-state index contributed by atoms with van der Waals surface area (Å²) in [6, 6.07) is 8.91. The van der Waals surface area contributed by atoms with Crippen LogP contribution < -0.4 is 15.8 Å². The van der Waals surface area contributed by atoms with Crippen LogP contribution in [-0.4, -0.2) is 36.8 Å². The number of fused-ring (bicyclic) bond motifs is 1. The van der Waals surface area contributed by atoms with Crippen LogP contribution in [0.4, 0.5) is 5.69 Å². The minimum Gasteiger partial charge on any atom is -0.423 e. The molecule has 2 rings (SSSR count). The Morgan fingerprint density at radius 3 is 2.64 bits per heavy atom. The summed E-state index contributed by atoms with van der Waals surface area (Å²) in [6.45, 7) is 6.79. The molecule has 0 amide bonds. The van der Waals surface area contributed by atoms with E-state index in [-0.39, 0.29) is 5.63 Å². The van der Waals surface area contributed by atoms with Gasteiger partial charge in [0.2, 0.25) is 0 Å². The van der Waals surface area contributed by atoms with Crippen LogP contribution >= 0.6 is 12.2 Å². The molecular weight excluding hydrogens is 298 g/mol. The van der Waals surface area contributed by atoms with Gasteiger partial charge in [0.1, 0.15) is 5.58 Å². The number of benzene rings is 1. The van der Waals surface area contributed by atoms with Gasteiger partial charge in [-0.1, -0.05) is 26.0 Å². The Hall–Kier alpha value is -1.92. The van der Waals surface area contributed by atoms with Crippen molar-refractivity contribution < 1.29 is 4.42 Å². The standard InChI is InChI=1S/C16H21N3O2S/c1-4-19(5-2)11-17-16(22)18(3)13-10-15(20)21-14-9-7-6-8-12(13)14/h6-10H,4-5,11H2,1-3H3,(H,17,22). The van der Waals surface area contributed by atoms with Gasteiger partial charge in [0.15, 0.2) is 5.11 Å². The third-order valence-electron chi connectivity index (χ3n) is 3.64. The third kappa shape index (κ3) is 3.64. The number of anilines is 1. The fourth-order valence-electron chi connectivity index (χ4n) is 2.23. The van der Waals surface area contributed by atoms with Crippen LogP contribution in [0.3, 0.4) is 0 Å². The second-order valence-corrected chi connectivity index (χ2v) is 5.34. The number of para-hydroxylation sites is 1. The average molecular weight is 319 g/mol. The van der Waals surface area contributed by atoms with Crippen molar-refractivity contribution in [2.24, 2.45) is 0 Å². The molecule has 0 aliphatic rings. The molecule has 0 aliphatic heterocycles. The number of hydrogen-bond acceptors (Lipinski definition) is 4. The van der Waals surface area contributed by atoms with Gasteiger partial charge in [-0.15, -0.1) is 0 Å². The fraction of sp³-hybridized carbons (Fsp3) is 0.375. The average Bonchev–Trinajstić information content (AvgIpc) is 2.54. The van der Waals surface area contributed by atoms with E-state index in [9.17, 15) is 4.79 Å². The van der Waals surface area contributed by atoms with E-state index < -0.39 is 0 Å². The molecule has 0 atom stereocenters. The largest absolute Gasteiger partial charge is 0.423 e. The Labute approximate surface area is 135 Å². The molecule has 0 saturated heterocycles. The first-order valence-electron chi connectivity index (χ1n) is 7.33. The summed E-state index contributed by atoms with van der Waals surface area (Å²) in [7, 11) is 1.85. The normalized spacial score (nSPS) is 10.9. The first-order valence-corrected chi connectivity index (χ1v) is 7.74. The van der Waals surface area contributed by atoms with Gasteiger partial charge in [0.25, 0.3) is 0 Å². The molecule has 6 heteroatoms. The van der Waals surface area contributed by atoms with Gasteiger partial charge >= 0.3 is 5.63 Å². The Kier molecular flexibility index (Phi) is 5.51. The number of thiocarbonyl (C=S) groups is 1. The molecule has 0 aliphatic carbocycles. The van der Waals surface area contributed by atoms with Crippen molar-refractivity contribution in [3.05, 3.63) is 40.8 Å². The van der Waals surface area contributed by atoms with Crippen molar-refractivity contribution in [3.8, 4) is 0 Å². The molecule has 0 bridgehead atoms. The number of nitrogens with one attached hydrogen (secondary N) is 1. The van der Waals surface area contributed by atoms with Crippen LogP contribution in [0, 0.1) is 0 Å².